The van der Waals surface area contributed by atoms with Gasteiger partial charge in [0, 0.05) is 16.7 Å². The summed E-state index contributed by atoms with van der Waals surface area (Å²) in [6.07, 6.45) is -1.05. The molecule has 0 fully saturated rings. The number of nitrogens with zero attached hydrogens (tertiary/aromatic N) is 1. The lowest BCUT2D eigenvalue weighted by atomic mass is 10.1. The minimum absolute atomic E-state index is 0.126. The summed E-state index contributed by atoms with van der Waals surface area (Å²) in [6.45, 7) is -0.126. The number of carbonyl (C=O) groups is 2. The molecule has 1 heterocycles. The van der Waals surface area contributed by atoms with Crippen molar-refractivity contribution in [2.24, 2.45) is 0 Å². The molecule has 4 heteroatoms. The van der Waals surface area contributed by atoms with Gasteiger partial charge in [-0.15, -0.1) is 0 Å². The predicted molar refractivity (Wildman–Crippen MR) is 73.2 cm³/mol. The van der Waals surface area contributed by atoms with Gasteiger partial charge in [0.1, 0.15) is 0 Å². The van der Waals surface area contributed by atoms with E-state index in [2.05, 4.69) is 0 Å². The summed E-state index contributed by atoms with van der Waals surface area (Å²) >= 11 is 0. The Bertz CT molecular complexity index is 666. The number of benzene rings is 2. The molecule has 2 aromatic rings. The number of rotatable bonds is 3. The van der Waals surface area contributed by atoms with Gasteiger partial charge < -0.3 is 10.0 Å². The fraction of sp³-hybridized carbons (Fsp3) is 0.125. The molecule has 1 N–H and O–H groups in total. The van der Waals surface area contributed by atoms with Crippen molar-refractivity contribution >= 4 is 11.7 Å². The first-order chi connectivity index (χ1) is 9.68. The largest absolute Gasteiger partial charge is 0.369 e. The van der Waals surface area contributed by atoms with Gasteiger partial charge in [-0.2, -0.15) is 0 Å². The molecule has 100 valence electrons. The smallest absolute Gasteiger partial charge is 0.257 e. The Kier molecular flexibility index (Phi) is 3.08. The van der Waals surface area contributed by atoms with Crippen LogP contribution in [0.2, 0.25) is 0 Å². The van der Waals surface area contributed by atoms with Gasteiger partial charge in [0.15, 0.2) is 12.0 Å². The number of amides is 1. The van der Waals surface area contributed by atoms with Crippen molar-refractivity contribution in [1.82, 2.24) is 4.90 Å². The second-order valence-electron chi connectivity index (χ2n) is 4.68. The molecule has 3 rings (SSSR count). The molecule has 1 aliphatic heterocycles. The van der Waals surface area contributed by atoms with E-state index in [1.807, 2.05) is 6.07 Å². The molecule has 0 spiro atoms. The number of aliphatic hydroxyl groups excluding tert-OH is 1. The SMILES string of the molecule is O=C(CN1C(=O)c2ccccc2C1O)c1ccccc1. The summed E-state index contributed by atoms with van der Waals surface area (Å²) in [4.78, 5) is 25.5. The van der Waals surface area contributed by atoms with Gasteiger partial charge in [-0.1, -0.05) is 48.5 Å². The van der Waals surface area contributed by atoms with E-state index in [9.17, 15) is 14.7 Å². The summed E-state index contributed by atoms with van der Waals surface area (Å²) in [5.74, 6) is -0.497. The van der Waals surface area contributed by atoms with Crippen LogP contribution < -0.4 is 0 Å². The zero-order chi connectivity index (χ0) is 14.1. The minimum Gasteiger partial charge on any atom is -0.369 e. The maximum Gasteiger partial charge on any atom is 0.257 e. The van der Waals surface area contributed by atoms with E-state index in [1.54, 1.807) is 48.5 Å². The molecule has 4 nitrogen and oxygen atoms in total. The van der Waals surface area contributed by atoms with Crippen LogP contribution in [-0.4, -0.2) is 28.2 Å². The van der Waals surface area contributed by atoms with Gasteiger partial charge in [0.25, 0.3) is 5.91 Å². The van der Waals surface area contributed by atoms with Gasteiger partial charge in [0.05, 0.1) is 6.54 Å². The fourth-order valence-corrected chi connectivity index (χ4v) is 2.38. The van der Waals surface area contributed by atoms with Crippen LogP contribution in [0.5, 0.6) is 0 Å². The maximum absolute atomic E-state index is 12.2. The van der Waals surface area contributed by atoms with Gasteiger partial charge in [-0.3, -0.25) is 9.59 Å². The summed E-state index contributed by atoms with van der Waals surface area (Å²) in [5.41, 5.74) is 1.54. The van der Waals surface area contributed by atoms with Crippen LogP contribution in [0.15, 0.2) is 54.6 Å². The molecule has 0 aliphatic carbocycles. The van der Waals surface area contributed by atoms with Crippen LogP contribution in [0.3, 0.4) is 0 Å². The maximum atomic E-state index is 12.2. The summed E-state index contributed by atoms with van der Waals surface area (Å²) in [5, 5.41) is 10.2. The molecular formula is C16H13NO3. The van der Waals surface area contributed by atoms with E-state index in [0.29, 0.717) is 16.7 Å². The average molecular weight is 267 g/mol. The second-order valence-corrected chi connectivity index (χ2v) is 4.68. The van der Waals surface area contributed by atoms with E-state index >= 15 is 0 Å². The lowest BCUT2D eigenvalue weighted by molar-refractivity contribution is 0.0182. The number of Topliss-reactive ketones (excluding diaryl/α,β-unsaturated/α-hetero) is 1. The molecule has 1 unspecified atom stereocenters. The van der Waals surface area contributed by atoms with Crippen LogP contribution in [0.1, 0.15) is 32.5 Å². The van der Waals surface area contributed by atoms with Crippen LogP contribution >= 0.6 is 0 Å². The van der Waals surface area contributed by atoms with E-state index in [1.165, 1.54) is 4.90 Å². The monoisotopic (exact) mass is 267 g/mol. The highest BCUT2D eigenvalue weighted by Crippen LogP contribution is 2.31. The Labute approximate surface area is 116 Å². The third-order valence-corrected chi connectivity index (χ3v) is 3.44. The number of hydrogen-bond acceptors (Lipinski definition) is 3. The van der Waals surface area contributed by atoms with Crippen LogP contribution in [0.25, 0.3) is 0 Å². The normalized spacial score (nSPS) is 17.1. The molecule has 0 bridgehead atoms. The van der Waals surface area contributed by atoms with E-state index in [-0.39, 0.29) is 18.2 Å². The Morgan fingerprint density at radius 3 is 2.40 bits per heavy atom. The minimum atomic E-state index is -1.05. The highest BCUT2D eigenvalue weighted by molar-refractivity contribution is 6.04. The lowest BCUT2D eigenvalue weighted by Gasteiger charge is -2.19. The highest BCUT2D eigenvalue weighted by Gasteiger charge is 2.36. The van der Waals surface area contributed by atoms with Gasteiger partial charge in [0.2, 0.25) is 0 Å². The van der Waals surface area contributed by atoms with Crippen molar-refractivity contribution in [2.75, 3.05) is 6.54 Å². The first kappa shape index (κ1) is 12.6. The van der Waals surface area contributed by atoms with Crippen molar-refractivity contribution in [3.05, 3.63) is 71.3 Å². The standard InChI is InChI=1S/C16H13NO3/c18-14(11-6-2-1-3-7-11)10-17-15(19)12-8-4-5-9-13(12)16(17)20/h1-9,15,19H,10H2. The van der Waals surface area contributed by atoms with E-state index in [4.69, 9.17) is 0 Å². The molecule has 0 saturated heterocycles. The molecule has 2 aromatic carbocycles. The number of hydrogen-bond donors (Lipinski definition) is 1. The molecule has 1 amide bonds. The van der Waals surface area contributed by atoms with E-state index in [0.717, 1.165) is 0 Å². The molecular weight excluding hydrogens is 254 g/mol. The Balaban J connectivity index is 1.84. The molecule has 0 saturated carbocycles. The first-order valence-corrected chi connectivity index (χ1v) is 6.34. The first-order valence-electron chi connectivity index (χ1n) is 6.34. The van der Waals surface area contributed by atoms with Crippen molar-refractivity contribution in [3.8, 4) is 0 Å². The Morgan fingerprint density at radius 1 is 1.05 bits per heavy atom. The van der Waals surface area contributed by atoms with E-state index < -0.39 is 6.23 Å². The highest BCUT2D eigenvalue weighted by atomic mass is 16.3. The quantitative estimate of drug-likeness (QED) is 0.865. The zero-order valence-corrected chi connectivity index (χ0v) is 10.7. The third-order valence-electron chi connectivity index (χ3n) is 3.44. The summed E-state index contributed by atoms with van der Waals surface area (Å²) in [6, 6.07) is 15.6. The molecule has 0 aromatic heterocycles. The van der Waals surface area contributed by atoms with Crippen LogP contribution in [0, 0.1) is 0 Å². The topological polar surface area (TPSA) is 57.6 Å². The Morgan fingerprint density at radius 2 is 1.70 bits per heavy atom. The van der Waals surface area contributed by atoms with Crippen molar-refractivity contribution in [2.45, 2.75) is 6.23 Å². The van der Waals surface area contributed by atoms with Crippen LogP contribution in [0.4, 0.5) is 0 Å². The summed E-state index contributed by atoms with van der Waals surface area (Å²) < 4.78 is 0. The van der Waals surface area contributed by atoms with Gasteiger partial charge >= 0.3 is 0 Å². The van der Waals surface area contributed by atoms with Crippen molar-refractivity contribution in [3.63, 3.8) is 0 Å². The molecule has 0 radical (unpaired) electrons. The fourth-order valence-electron chi connectivity index (χ4n) is 2.38. The lowest BCUT2D eigenvalue weighted by Crippen LogP contribution is -2.33. The number of fused-ring (bicyclic) bond motifs is 1. The molecule has 1 atom stereocenters. The predicted octanol–water partition coefficient (Wildman–Crippen LogP) is 2.02. The van der Waals surface area contributed by atoms with Crippen LogP contribution in [-0.2, 0) is 0 Å². The second kappa shape index (κ2) is 4.90. The number of carbonyl (C=O) groups excluding carboxylic acids is 2. The third kappa shape index (κ3) is 2.00. The molecule has 1 aliphatic rings. The number of ketones is 1. The zero-order valence-electron chi connectivity index (χ0n) is 10.7. The summed E-state index contributed by atoms with van der Waals surface area (Å²) in [7, 11) is 0. The average Bonchev–Trinajstić information content (AvgIpc) is 2.74. The van der Waals surface area contributed by atoms with Gasteiger partial charge in [-0.25, -0.2) is 0 Å². The van der Waals surface area contributed by atoms with Gasteiger partial charge in [-0.05, 0) is 6.07 Å². The van der Waals surface area contributed by atoms with Crippen molar-refractivity contribution < 1.29 is 14.7 Å². The Hall–Kier alpha value is -2.46. The molecule has 20 heavy (non-hydrogen) atoms. The number of aliphatic hydroxyl groups is 1. The van der Waals surface area contributed by atoms with Crippen molar-refractivity contribution in [1.29, 1.82) is 0 Å².